The average molecular weight is 285 g/mol. The van der Waals surface area contributed by atoms with Crippen molar-refractivity contribution in [1.82, 2.24) is 4.98 Å². The summed E-state index contributed by atoms with van der Waals surface area (Å²) >= 11 is 12.1. The minimum atomic E-state index is -0.325. The van der Waals surface area contributed by atoms with Crippen molar-refractivity contribution in [2.45, 2.75) is 6.92 Å². The fourth-order valence-electron chi connectivity index (χ4n) is 1.68. The molecular weight excluding hydrogens is 274 g/mol. The summed E-state index contributed by atoms with van der Waals surface area (Å²) in [5.41, 5.74) is 2.07. The molecule has 0 spiro atoms. The van der Waals surface area contributed by atoms with Crippen LogP contribution in [0.2, 0.25) is 10.0 Å². The highest BCUT2D eigenvalue weighted by molar-refractivity contribution is 6.37. The van der Waals surface area contributed by atoms with Crippen molar-refractivity contribution in [3.05, 3.63) is 45.7 Å². The van der Waals surface area contributed by atoms with Crippen LogP contribution in [0, 0.1) is 12.7 Å². The zero-order valence-corrected chi connectivity index (χ0v) is 11.4. The van der Waals surface area contributed by atoms with Crippen LogP contribution in [0.15, 0.2) is 24.3 Å². The van der Waals surface area contributed by atoms with Gasteiger partial charge in [0.2, 0.25) is 0 Å². The molecule has 0 bridgehead atoms. The van der Waals surface area contributed by atoms with Crippen LogP contribution in [-0.2, 0) is 0 Å². The summed E-state index contributed by atoms with van der Waals surface area (Å²) in [7, 11) is 1.71. The van der Waals surface area contributed by atoms with Crippen LogP contribution in [0.3, 0.4) is 0 Å². The van der Waals surface area contributed by atoms with E-state index in [2.05, 4.69) is 10.3 Å². The molecule has 0 atom stereocenters. The van der Waals surface area contributed by atoms with Crippen LogP contribution >= 0.6 is 23.2 Å². The Kier molecular flexibility index (Phi) is 3.73. The van der Waals surface area contributed by atoms with Gasteiger partial charge in [0.15, 0.2) is 0 Å². The molecule has 5 heteroatoms. The Balaban J connectivity index is 2.66. The lowest BCUT2D eigenvalue weighted by molar-refractivity contribution is 0.628. The van der Waals surface area contributed by atoms with E-state index in [1.54, 1.807) is 19.2 Å². The Morgan fingerprint density at radius 2 is 1.89 bits per heavy atom. The molecule has 1 N–H and O–H groups in total. The third kappa shape index (κ3) is 2.42. The molecule has 0 aliphatic rings. The molecule has 0 radical (unpaired) electrons. The first-order chi connectivity index (χ1) is 8.52. The summed E-state index contributed by atoms with van der Waals surface area (Å²) in [4.78, 5) is 4.32. The number of hydrogen-bond acceptors (Lipinski definition) is 2. The first kappa shape index (κ1) is 13.1. The Bertz CT molecular complexity index is 600. The van der Waals surface area contributed by atoms with Crippen LogP contribution in [0.5, 0.6) is 0 Å². The minimum absolute atomic E-state index is 0.325. The molecule has 0 saturated carbocycles. The van der Waals surface area contributed by atoms with Gasteiger partial charge >= 0.3 is 0 Å². The number of aromatic nitrogens is 1. The average Bonchev–Trinajstić information content (AvgIpc) is 2.33. The molecule has 18 heavy (non-hydrogen) atoms. The number of aryl methyl sites for hydroxylation is 1. The maximum atomic E-state index is 13.3. The Labute approximate surface area is 115 Å². The lowest BCUT2D eigenvalue weighted by Gasteiger charge is -2.11. The molecule has 0 aliphatic carbocycles. The van der Waals surface area contributed by atoms with Gasteiger partial charge < -0.3 is 5.32 Å². The third-order valence-corrected chi connectivity index (χ3v) is 3.20. The Hall–Kier alpha value is -1.32. The van der Waals surface area contributed by atoms with Crippen LogP contribution in [0.4, 0.5) is 10.2 Å². The van der Waals surface area contributed by atoms with Gasteiger partial charge in [0.1, 0.15) is 11.6 Å². The van der Waals surface area contributed by atoms with Crippen molar-refractivity contribution in [2.24, 2.45) is 0 Å². The summed E-state index contributed by atoms with van der Waals surface area (Å²) in [6, 6.07) is 6.11. The number of nitrogens with one attached hydrogen (secondary N) is 1. The molecule has 2 rings (SSSR count). The standard InChI is InChI=1S/C13H11Cl2FN2/c1-7-3-4-8(16)5-9(7)12-10(14)6-11(15)13(17-2)18-12/h3-6H,1-2H3,(H,17,18). The summed E-state index contributed by atoms with van der Waals surface area (Å²) in [5.74, 6) is 0.189. The van der Waals surface area contributed by atoms with Gasteiger partial charge in [-0.15, -0.1) is 0 Å². The molecule has 2 aromatic rings. The van der Waals surface area contributed by atoms with E-state index >= 15 is 0 Å². The Morgan fingerprint density at radius 3 is 2.56 bits per heavy atom. The first-order valence-electron chi connectivity index (χ1n) is 5.33. The predicted molar refractivity (Wildman–Crippen MR) is 73.9 cm³/mol. The third-order valence-electron chi connectivity index (χ3n) is 2.62. The number of nitrogens with zero attached hydrogens (tertiary/aromatic N) is 1. The highest BCUT2D eigenvalue weighted by atomic mass is 35.5. The minimum Gasteiger partial charge on any atom is -0.372 e. The molecule has 2 nitrogen and oxygen atoms in total. The number of anilines is 1. The van der Waals surface area contributed by atoms with E-state index in [0.717, 1.165) is 5.56 Å². The van der Waals surface area contributed by atoms with Crippen molar-refractivity contribution in [3.63, 3.8) is 0 Å². The van der Waals surface area contributed by atoms with E-state index in [0.29, 0.717) is 27.1 Å². The molecule has 1 aromatic carbocycles. The van der Waals surface area contributed by atoms with Crippen molar-refractivity contribution < 1.29 is 4.39 Å². The zero-order chi connectivity index (χ0) is 13.3. The SMILES string of the molecule is CNc1nc(-c2cc(F)ccc2C)c(Cl)cc1Cl. The van der Waals surface area contributed by atoms with Gasteiger partial charge in [0.25, 0.3) is 0 Å². The van der Waals surface area contributed by atoms with Gasteiger partial charge in [0.05, 0.1) is 15.7 Å². The maximum Gasteiger partial charge on any atom is 0.145 e. The largest absolute Gasteiger partial charge is 0.372 e. The van der Waals surface area contributed by atoms with E-state index in [4.69, 9.17) is 23.2 Å². The number of halogens is 3. The van der Waals surface area contributed by atoms with Crippen molar-refractivity contribution >= 4 is 29.0 Å². The summed E-state index contributed by atoms with van der Waals surface area (Å²) < 4.78 is 13.3. The van der Waals surface area contributed by atoms with Crippen LogP contribution in [0.1, 0.15) is 5.56 Å². The second kappa shape index (κ2) is 5.12. The monoisotopic (exact) mass is 284 g/mol. The molecule has 0 unspecified atom stereocenters. The second-order valence-corrected chi connectivity index (χ2v) is 4.67. The van der Waals surface area contributed by atoms with Crippen LogP contribution in [0.25, 0.3) is 11.3 Å². The van der Waals surface area contributed by atoms with Gasteiger partial charge in [-0.2, -0.15) is 0 Å². The van der Waals surface area contributed by atoms with Gasteiger partial charge in [-0.25, -0.2) is 9.37 Å². The molecule has 0 amide bonds. The quantitative estimate of drug-likeness (QED) is 0.875. The van der Waals surface area contributed by atoms with E-state index in [1.165, 1.54) is 12.1 Å². The fraction of sp³-hybridized carbons (Fsp3) is 0.154. The highest BCUT2D eigenvalue weighted by Crippen LogP contribution is 2.34. The van der Waals surface area contributed by atoms with Gasteiger partial charge in [0, 0.05) is 12.6 Å². The molecule has 0 fully saturated rings. The molecule has 0 saturated heterocycles. The summed E-state index contributed by atoms with van der Waals surface area (Å²) in [6.45, 7) is 1.88. The number of pyridine rings is 1. The smallest absolute Gasteiger partial charge is 0.145 e. The first-order valence-corrected chi connectivity index (χ1v) is 6.09. The van der Waals surface area contributed by atoms with Crippen LogP contribution in [-0.4, -0.2) is 12.0 Å². The summed E-state index contributed by atoms with van der Waals surface area (Å²) in [5, 5.41) is 3.70. The van der Waals surface area contributed by atoms with E-state index in [9.17, 15) is 4.39 Å². The lowest BCUT2D eigenvalue weighted by Crippen LogP contribution is -1.97. The van der Waals surface area contributed by atoms with Crippen molar-refractivity contribution in [3.8, 4) is 11.3 Å². The highest BCUT2D eigenvalue weighted by Gasteiger charge is 2.13. The topological polar surface area (TPSA) is 24.9 Å². The van der Waals surface area contributed by atoms with Crippen molar-refractivity contribution in [2.75, 3.05) is 12.4 Å². The van der Waals surface area contributed by atoms with E-state index < -0.39 is 0 Å². The zero-order valence-electron chi connectivity index (χ0n) is 9.89. The van der Waals surface area contributed by atoms with Crippen molar-refractivity contribution in [1.29, 1.82) is 0 Å². The number of hydrogen-bond donors (Lipinski definition) is 1. The lowest BCUT2D eigenvalue weighted by atomic mass is 10.0. The normalized spacial score (nSPS) is 10.5. The second-order valence-electron chi connectivity index (χ2n) is 3.86. The number of rotatable bonds is 2. The van der Waals surface area contributed by atoms with Gasteiger partial charge in [-0.3, -0.25) is 0 Å². The molecule has 1 heterocycles. The fourth-order valence-corrected chi connectivity index (χ4v) is 2.23. The molecule has 0 aliphatic heterocycles. The predicted octanol–water partition coefficient (Wildman–Crippen LogP) is 4.54. The molecule has 1 aromatic heterocycles. The number of benzene rings is 1. The van der Waals surface area contributed by atoms with Gasteiger partial charge in [-0.05, 0) is 30.7 Å². The van der Waals surface area contributed by atoms with E-state index in [1.807, 2.05) is 6.92 Å². The molecular formula is C13H11Cl2FN2. The summed E-state index contributed by atoms with van der Waals surface area (Å²) in [6.07, 6.45) is 0. The Morgan fingerprint density at radius 1 is 1.17 bits per heavy atom. The van der Waals surface area contributed by atoms with Crippen LogP contribution < -0.4 is 5.32 Å². The molecule has 94 valence electrons. The van der Waals surface area contributed by atoms with Gasteiger partial charge in [-0.1, -0.05) is 29.3 Å². The van der Waals surface area contributed by atoms with E-state index in [-0.39, 0.29) is 5.82 Å². The maximum absolute atomic E-state index is 13.3.